The van der Waals surface area contributed by atoms with Crippen molar-refractivity contribution in [3.63, 3.8) is 0 Å². The van der Waals surface area contributed by atoms with Crippen LogP contribution in [0.3, 0.4) is 0 Å². The van der Waals surface area contributed by atoms with Crippen molar-refractivity contribution in [1.29, 1.82) is 0 Å². The van der Waals surface area contributed by atoms with Gasteiger partial charge in [0.05, 0.1) is 11.5 Å². The van der Waals surface area contributed by atoms with Crippen LogP contribution in [0.15, 0.2) is 53.4 Å². The molecule has 0 heterocycles. The molecule has 6 heteroatoms. The summed E-state index contributed by atoms with van der Waals surface area (Å²) >= 11 is 0. The Hall–Kier alpha value is -1.89. The molecule has 22 heavy (non-hydrogen) atoms. The van der Waals surface area contributed by atoms with Gasteiger partial charge in [0.1, 0.15) is 0 Å². The van der Waals surface area contributed by atoms with Crippen LogP contribution in [0.2, 0.25) is 0 Å². The zero-order valence-corrected chi connectivity index (χ0v) is 13.2. The van der Waals surface area contributed by atoms with E-state index in [1.807, 2.05) is 25.1 Å². The van der Waals surface area contributed by atoms with Crippen LogP contribution < -0.4 is 10.5 Å². The molecule has 1 atom stereocenters. The van der Waals surface area contributed by atoms with E-state index in [1.54, 1.807) is 18.2 Å². The molecule has 0 saturated heterocycles. The normalized spacial score (nSPS) is 13.0. The van der Waals surface area contributed by atoms with Gasteiger partial charge >= 0.3 is 0 Å². The Morgan fingerprint density at radius 2 is 1.77 bits per heavy atom. The van der Waals surface area contributed by atoms with Crippen LogP contribution in [0, 0.1) is 0 Å². The summed E-state index contributed by atoms with van der Waals surface area (Å²) in [6.45, 7) is 1.58. The van der Waals surface area contributed by atoms with Crippen LogP contribution in [0.25, 0.3) is 11.1 Å². The average molecular weight is 320 g/mol. The van der Waals surface area contributed by atoms with Gasteiger partial charge in [-0.15, -0.1) is 0 Å². The number of nitrogens with one attached hydrogen (secondary N) is 1. The number of aliphatic hydroxyl groups is 1. The Balaban J connectivity index is 2.27. The third-order valence-electron chi connectivity index (χ3n) is 3.47. The molecule has 4 N–H and O–H groups in total. The largest absolute Gasteiger partial charge is 0.398 e. The predicted octanol–water partition coefficient (Wildman–Crippen LogP) is 1.98. The SMILES string of the molecule is CCC(CO)NS(=O)(=O)c1ccc(-c2ccccc2N)cc1. The third kappa shape index (κ3) is 3.65. The monoisotopic (exact) mass is 320 g/mol. The van der Waals surface area contributed by atoms with Gasteiger partial charge in [-0.1, -0.05) is 37.3 Å². The Kier molecular flexibility index (Phi) is 5.18. The summed E-state index contributed by atoms with van der Waals surface area (Å²) in [6, 6.07) is 13.5. The van der Waals surface area contributed by atoms with Gasteiger partial charge in [0.2, 0.25) is 10.0 Å². The Morgan fingerprint density at radius 1 is 1.14 bits per heavy atom. The van der Waals surface area contributed by atoms with Crippen molar-refractivity contribution in [2.24, 2.45) is 0 Å². The fourth-order valence-electron chi connectivity index (χ4n) is 2.11. The van der Waals surface area contributed by atoms with E-state index in [4.69, 9.17) is 10.8 Å². The first-order valence-corrected chi connectivity index (χ1v) is 8.54. The van der Waals surface area contributed by atoms with Gasteiger partial charge in [0.15, 0.2) is 0 Å². The third-order valence-corrected chi connectivity index (χ3v) is 5.01. The standard InChI is InChI=1S/C16H20N2O3S/c1-2-13(11-19)18-22(20,21)14-9-7-12(8-10-14)15-5-3-4-6-16(15)17/h3-10,13,18-19H,2,11,17H2,1H3. The maximum absolute atomic E-state index is 12.2. The molecule has 0 spiro atoms. The van der Waals surface area contributed by atoms with Crippen molar-refractivity contribution in [3.8, 4) is 11.1 Å². The van der Waals surface area contributed by atoms with E-state index >= 15 is 0 Å². The molecule has 0 radical (unpaired) electrons. The summed E-state index contributed by atoms with van der Waals surface area (Å²) in [5.41, 5.74) is 8.28. The maximum Gasteiger partial charge on any atom is 0.240 e. The highest BCUT2D eigenvalue weighted by Gasteiger charge is 2.18. The molecule has 0 bridgehead atoms. The quantitative estimate of drug-likeness (QED) is 0.710. The van der Waals surface area contributed by atoms with Crippen LogP contribution >= 0.6 is 0 Å². The first-order valence-electron chi connectivity index (χ1n) is 7.06. The fourth-order valence-corrected chi connectivity index (χ4v) is 3.42. The lowest BCUT2D eigenvalue weighted by atomic mass is 10.0. The Bertz CT molecular complexity index is 723. The van der Waals surface area contributed by atoms with E-state index in [0.717, 1.165) is 11.1 Å². The van der Waals surface area contributed by atoms with Crippen LogP contribution in [-0.4, -0.2) is 26.2 Å². The molecule has 0 aliphatic rings. The average Bonchev–Trinajstić information content (AvgIpc) is 2.53. The van der Waals surface area contributed by atoms with E-state index < -0.39 is 16.1 Å². The molecular formula is C16H20N2O3S. The molecule has 0 saturated carbocycles. The number of nitrogen functional groups attached to an aromatic ring is 1. The van der Waals surface area contributed by atoms with Gasteiger partial charge in [-0.25, -0.2) is 13.1 Å². The van der Waals surface area contributed by atoms with E-state index in [2.05, 4.69) is 4.72 Å². The minimum Gasteiger partial charge on any atom is -0.398 e. The highest BCUT2D eigenvalue weighted by molar-refractivity contribution is 7.89. The van der Waals surface area contributed by atoms with Gasteiger partial charge in [-0.05, 0) is 30.2 Å². The van der Waals surface area contributed by atoms with Gasteiger partial charge in [0, 0.05) is 17.3 Å². The molecule has 1 unspecified atom stereocenters. The number of anilines is 1. The summed E-state index contributed by atoms with van der Waals surface area (Å²) < 4.78 is 26.9. The fraction of sp³-hybridized carbons (Fsp3) is 0.250. The first kappa shape index (κ1) is 16.5. The molecule has 2 aromatic rings. The first-order chi connectivity index (χ1) is 10.5. The molecule has 0 amide bonds. The lowest BCUT2D eigenvalue weighted by Crippen LogP contribution is -2.36. The minimum atomic E-state index is -3.63. The molecule has 0 aromatic heterocycles. The number of hydrogen-bond donors (Lipinski definition) is 3. The zero-order valence-electron chi connectivity index (χ0n) is 12.4. The molecule has 0 aliphatic carbocycles. The molecule has 2 aromatic carbocycles. The second kappa shape index (κ2) is 6.91. The molecule has 0 fully saturated rings. The number of para-hydroxylation sites is 1. The second-order valence-electron chi connectivity index (χ2n) is 5.02. The maximum atomic E-state index is 12.2. The van der Waals surface area contributed by atoms with Crippen LogP contribution in [0.5, 0.6) is 0 Å². The summed E-state index contributed by atoms with van der Waals surface area (Å²) in [6.07, 6.45) is 0.522. The van der Waals surface area contributed by atoms with Gasteiger partial charge in [-0.3, -0.25) is 0 Å². The van der Waals surface area contributed by atoms with Crippen LogP contribution in [0.1, 0.15) is 13.3 Å². The lowest BCUT2D eigenvalue weighted by Gasteiger charge is -2.14. The van der Waals surface area contributed by atoms with Crippen molar-refractivity contribution >= 4 is 15.7 Å². The molecule has 2 rings (SSSR count). The second-order valence-corrected chi connectivity index (χ2v) is 6.73. The topological polar surface area (TPSA) is 92.4 Å². The number of benzene rings is 2. The molecular weight excluding hydrogens is 300 g/mol. The number of hydrogen-bond acceptors (Lipinski definition) is 4. The van der Waals surface area contributed by atoms with E-state index in [0.29, 0.717) is 12.1 Å². The highest BCUT2D eigenvalue weighted by Crippen LogP contribution is 2.26. The van der Waals surface area contributed by atoms with Gasteiger partial charge < -0.3 is 10.8 Å². The predicted molar refractivity (Wildman–Crippen MR) is 87.8 cm³/mol. The Labute approximate surface area is 130 Å². The number of nitrogens with two attached hydrogens (primary N) is 1. The lowest BCUT2D eigenvalue weighted by molar-refractivity contribution is 0.254. The van der Waals surface area contributed by atoms with Crippen molar-refractivity contribution in [2.45, 2.75) is 24.3 Å². The summed E-state index contributed by atoms with van der Waals surface area (Å²) in [7, 11) is -3.63. The number of sulfonamides is 1. The van der Waals surface area contributed by atoms with Gasteiger partial charge in [-0.2, -0.15) is 0 Å². The van der Waals surface area contributed by atoms with Crippen LogP contribution in [-0.2, 0) is 10.0 Å². The van der Waals surface area contributed by atoms with Crippen molar-refractivity contribution < 1.29 is 13.5 Å². The van der Waals surface area contributed by atoms with Crippen molar-refractivity contribution in [3.05, 3.63) is 48.5 Å². The van der Waals surface area contributed by atoms with E-state index in [-0.39, 0.29) is 11.5 Å². The summed E-state index contributed by atoms with van der Waals surface area (Å²) in [5, 5.41) is 9.12. The van der Waals surface area contributed by atoms with Gasteiger partial charge in [0.25, 0.3) is 0 Å². The molecule has 5 nitrogen and oxygen atoms in total. The van der Waals surface area contributed by atoms with Crippen molar-refractivity contribution in [1.82, 2.24) is 4.72 Å². The Morgan fingerprint density at radius 3 is 2.32 bits per heavy atom. The van der Waals surface area contributed by atoms with E-state index in [9.17, 15) is 8.42 Å². The summed E-state index contributed by atoms with van der Waals surface area (Å²) in [4.78, 5) is 0.164. The number of rotatable bonds is 6. The smallest absolute Gasteiger partial charge is 0.240 e. The van der Waals surface area contributed by atoms with E-state index in [1.165, 1.54) is 12.1 Å². The van der Waals surface area contributed by atoms with Crippen molar-refractivity contribution in [2.75, 3.05) is 12.3 Å². The van der Waals surface area contributed by atoms with Crippen LogP contribution in [0.4, 0.5) is 5.69 Å². The number of aliphatic hydroxyl groups excluding tert-OH is 1. The zero-order chi connectivity index (χ0) is 16.2. The summed E-state index contributed by atoms with van der Waals surface area (Å²) in [5.74, 6) is 0. The highest BCUT2D eigenvalue weighted by atomic mass is 32.2. The minimum absolute atomic E-state index is 0.164. The molecule has 0 aliphatic heterocycles. The molecule has 118 valence electrons.